The van der Waals surface area contributed by atoms with Gasteiger partial charge >= 0.3 is 0 Å². The summed E-state index contributed by atoms with van der Waals surface area (Å²) in [4.78, 5) is 25.2. The number of anilines is 1. The van der Waals surface area contributed by atoms with E-state index in [1.165, 1.54) is 0 Å². The van der Waals surface area contributed by atoms with Gasteiger partial charge < -0.3 is 10.0 Å². The molecule has 1 aliphatic heterocycles. The zero-order valence-electron chi connectivity index (χ0n) is 24.8. The van der Waals surface area contributed by atoms with Gasteiger partial charge in [0.05, 0.1) is 37.1 Å². The highest BCUT2D eigenvalue weighted by Gasteiger charge is 2.33. The average Bonchev–Trinajstić information content (AvgIpc) is 3.41. The fourth-order valence-corrected chi connectivity index (χ4v) is 6.03. The molecule has 2 aliphatic rings. The number of hydrogen-bond acceptors (Lipinski definition) is 5. The van der Waals surface area contributed by atoms with E-state index in [0.29, 0.717) is 12.5 Å². The molecule has 2 atom stereocenters. The van der Waals surface area contributed by atoms with E-state index in [9.17, 15) is 9.90 Å². The number of phenolic OH excluding ortho intramolecular Hbond substituents is 1. The fourth-order valence-electron chi connectivity index (χ4n) is 6.03. The van der Waals surface area contributed by atoms with E-state index in [-0.39, 0.29) is 47.8 Å². The molecule has 2 unspecified atom stereocenters. The van der Waals surface area contributed by atoms with Crippen LogP contribution in [-0.2, 0) is 24.3 Å². The number of phenols is 1. The SMILES string of the molecule is CCCCC1(Cn2cc(CN(C(=O)C3CCCc4c(O)cccc43)c3ccc(C(C)C)nc3)cn2)C=NC=CC1.Cl.Cl. The highest BCUT2D eigenvalue weighted by Crippen LogP contribution is 2.38. The number of aromatic hydroxyl groups is 1. The van der Waals surface area contributed by atoms with Crippen LogP contribution in [0.25, 0.3) is 0 Å². The van der Waals surface area contributed by atoms with Crippen molar-refractivity contribution in [1.82, 2.24) is 14.8 Å². The van der Waals surface area contributed by atoms with E-state index in [2.05, 4.69) is 49.2 Å². The second-order valence-electron chi connectivity index (χ2n) is 11.7. The normalized spacial score (nSPS) is 19.1. The van der Waals surface area contributed by atoms with Crippen molar-refractivity contribution in [3.63, 3.8) is 0 Å². The van der Waals surface area contributed by atoms with Gasteiger partial charge in [-0.25, -0.2) is 0 Å². The van der Waals surface area contributed by atoms with E-state index in [1.807, 2.05) is 52.4 Å². The van der Waals surface area contributed by atoms with Crippen LogP contribution in [0.4, 0.5) is 5.69 Å². The summed E-state index contributed by atoms with van der Waals surface area (Å²) in [5.74, 6) is 0.312. The molecule has 3 aromatic rings. The zero-order chi connectivity index (χ0) is 28.1. The van der Waals surface area contributed by atoms with Crippen molar-refractivity contribution in [3.8, 4) is 5.75 Å². The fraction of sp³-hybridized carbons (Fsp3) is 0.455. The number of allylic oxidation sites excluding steroid dienone is 1. The second-order valence-corrected chi connectivity index (χ2v) is 11.7. The second kappa shape index (κ2) is 14.8. The first-order valence-corrected chi connectivity index (χ1v) is 14.7. The van der Waals surface area contributed by atoms with E-state index in [1.54, 1.807) is 6.07 Å². The Morgan fingerprint density at radius 3 is 2.71 bits per heavy atom. The Kier molecular flexibility index (Phi) is 11.8. The molecule has 5 rings (SSSR count). The maximum atomic E-state index is 14.3. The van der Waals surface area contributed by atoms with Crippen molar-refractivity contribution in [2.75, 3.05) is 4.90 Å². The number of hydrogen-bond donors (Lipinski definition) is 1. The van der Waals surface area contributed by atoms with E-state index in [0.717, 1.165) is 79.6 Å². The summed E-state index contributed by atoms with van der Waals surface area (Å²) >= 11 is 0. The highest BCUT2D eigenvalue weighted by atomic mass is 35.5. The first-order chi connectivity index (χ1) is 19.4. The number of carbonyl (C=O) groups is 1. The van der Waals surface area contributed by atoms with Crippen molar-refractivity contribution in [3.05, 3.63) is 83.6 Å². The third-order valence-corrected chi connectivity index (χ3v) is 8.32. The molecule has 0 saturated carbocycles. The third kappa shape index (κ3) is 7.42. The number of carbonyl (C=O) groups excluding carboxylic acids is 1. The van der Waals surface area contributed by atoms with Gasteiger partial charge in [-0.05, 0) is 67.3 Å². The molecule has 226 valence electrons. The Bertz CT molecular complexity index is 1390. The third-order valence-electron chi connectivity index (χ3n) is 8.32. The number of rotatable bonds is 10. The summed E-state index contributed by atoms with van der Waals surface area (Å²) in [7, 11) is 0. The average molecular weight is 613 g/mol. The van der Waals surface area contributed by atoms with Gasteiger partial charge in [-0.15, -0.1) is 24.8 Å². The van der Waals surface area contributed by atoms with Crippen LogP contribution in [0.15, 0.2) is 66.2 Å². The molecule has 1 amide bonds. The van der Waals surface area contributed by atoms with Crippen molar-refractivity contribution in [1.29, 1.82) is 0 Å². The highest BCUT2D eigenvalue weighted by molar-refractivity contribution is 5.98. The summed E-state index contributed by atoms with van der Waals surface area (Å²) < 4.78 is 2.01. The molecule has 0 saturated heterocycles. The Morgan fingerprint density at radius 2 is 2.02 bits per heavy atom. The summed E-state index contributed by atoms with van der Waals surface area (Å²) in [6.45, 7) is 7.61. The smallest absolute Gasteiger partial charge is 0.234 e. The maximum Gasteiger partial charge on any atom is 0.234 e. The minimum absolute atomic E-state index is 0. The summed E-state index contributed by atoms with van der Waals surface area (Å²) in [5, 5.41) is 15.2. The van der Waals surface area contributed by atoms with E-state index < -0.39 is 0 Å². The molecule has 9 heteroatoms. The molecule has 0 spiro atoms. The van der Waals surface area contributed by atoms with Gasteiger partial charge in [0, 0.05) is 35.3 Å². The number of amides is 1. The van der Waals surface area contributed by atoms with Crippen molar-refractivity contribution < 1.29 is 9.90 Å². The largest absolute Gasteiger partial charge is 0.508 e. The number of pyridine rings is 1. The van der Waals surface area contributed by atoms with Gasteiger partial charge in [-0.2, -0.15) is 5.10 Å². The summed E-state index contributed by atoms with van der Waals surface area (Å²) in [6.07, 6.45) is 18.6. The number of fused-ring (bicyclic) bond motifs is 1. The minimum atomic E-state index is -0.307. The molecule has 2 aromatic heterocycles. The van der Waals surface area contributed by atoms with Crippen LogP contribution in [0.1, 0.15) is 93.5 Å². The van der Waals surface area contributed by atoms with Crippen LogP contribution in [-0.4, -0.2) is 32.0 Å². The lowest BCUT2D eigenvalue weighted by atomic mass is 9.80. The summed E-state index contributed by atoms with van der Waals surface area (Å²) in [6, 6.07) is 9.56. The Hall–Kier alpha value is -3.16. The Balaban J connectivity index is 0.00000242. The van der Waals surface area contributed by atoms with Gasteiger partial charge in [-0.3, -0.25) is 19.5 Å². The number of unbranched alkanes of at least 4 members (excludes halogenated alkanes) is 1. The van der Waals surface area contributed by atoms with Crippen molar-refractivity contribution >= 4 is 42.6 Å². The summed E-state index contributed by atoms with van der Waals surface area (Å²) in [5.41, 5.74) is 4.55. The van der Waals surface area contributed by atoms with Crippen LogP contribution in [0.2, 0.25) is 0 Å². The maximum absolute atomic E-state index is 14.3. The molecule has 0 bridgehead atoms. The van der Waals surface area contributed by atoms with Crippen molar-refractivity contribution in [2.45, 2.75) is 90.6 Å². The molecular weight excluding hydrogens is 569 g/mol. The molecular formula is C33H43Cl2N5O2. The predicted octanol–water partition coefficient (Wildman–Crippen LogP) is 7.77. The zero-order valence-corrected chi connectivity index (χ0v) is 26.4. The van der Waals surface area contributed by atoms with E-state index >= 15 is 0 Å². The molecule has 3 heterocycles. The van der Waals surface area contributed by atoms with Gasteiger partial charge in [0.25, 0.3) is 0 Å². The van der Waals surface area contributed by atoms with Gasteiger partial charge in [0.15, 0.2) is 0 Å². The van der Waals surface area contributed by atoms with Crippen LogP contribution in [0.3, 0.4) is 0 Å². The monoisotopic (exact) mass is 611 g/mol. The molecule has 1 N–H and O–H groups in total. The lowest BCUT2D eigenvalue weighted by Gasteiger charge is -2.31. The molecule has 42 heavy (non-hydrogen) atoms. The number of nitrogens with zero attached hydrogens (tertiary/aromatic N) is 5. The lowest BCUT2D eigenvalue weighted by Crippen LogP contribution is -2.36. The van der Waals surface area contributed by atoms with Crippen LogP contribution >= 0.6 is 24.8 Å². The molecule has 1 aliphatic carbocycles. The first kappa shape index (κ1) is 33.3. The Morgan fingerprint density at radius 1 is 1.19 bits per heavy atom. The standard InChI is InChI=1S/C33H41N5O2.2ClH/c1-4-5-15-33(16-8-17-34-22-33)23-37-20-25(18-36-37)21-38(26-13-14-30(24(2)3)35-19-26)32(40)29-11-6-10-28-27(29)9-7-12-31(28)39;;/h7-9,12-14,17-20,22,24,29,39H,4-6,10-11,15-16,21,23H2,1-3H3;2*1H. The van der Waals surface area contributed by atoms with Crippen LogP contribution in [0.5, 0.6) is 5.75 Å². The van der Waals surface area contributed by atoms with E-state index in [4.69, 9.17) is 5.10 Å². The molecule has 0 fully saturated rings. The number of aromatic nitrogens is 3. The van der Waals surface area contributed by atoms with Crippen molar-refractivity contribution in [2.24, 2.45) is 10.4 Å². The van der Waals surface area contributed by atoms with Gasteiger partial charge in [0.2, 0.25) is 5.91 Å². The Labute approximate surface area is 262 Å². The topological polar surface area (TPSA) is 83.6 Å². The molecule has 0 radical (unpaired) electrons. The predicted molar refractivity (Wildman–Crippen MR) is 174 cm³/mol. The first-order valence-electron chi connectivity index (χ1n) is 14.7. The molecule has 1 aromatic carbocycles. The number of aliphatic imine (C=N–C) groups is 1. The quantitative estimate of drug-likeness (QED) is 0.254. The number of halogens is 2. The lowest BCUT2D eigenvalue weighted by molar-refractivity contribution is -0.120. The van der Waals surface area contributed by atoms with Gasteiger partial charge in [-0.1, -0.05) is 51.8 Å². The minimum Gasteiger partial charge on any atom is -0.508 e. The number of benzene rings is 1. The van der Waals surface area contributed by atoms with Crippen LogP contribution in [0, 0.1) is 5.41 Å². The van der Waals surface area contributed by atoms with Gasteiger partial charge in [0.1, 0.15) is 5.75 Å². The molecule has 7 nitrogen and oxygen atoms in total. The van der Waals surface area contributed by atoms with Crippen LogP contribution < -0.4 is 4.90 Å².